The fourth-order valence-corrected chi connectivity index (χ4v) is 1.94. The molecule has 0 aliphatic carbocycles. The van der Waals surface area contributed by atoms with E-state index in [4.69, 9.17) is 4.74 Å². The van der Waals surface area contributed by atoms with Crippen LogP contribution in [0.5, 0.6) is 5.75 Å². The number of methoxy groups -OCH3 is 1. The Morgan fingerprint density at radius 3 is 2.59 bits per heavy atom. The van der Waals surface area contributed by atoms with Gasteiger partial charge in [0, 0.05) is 17.8 Å². The first kappa shape index (κ1) is 15.4. The molecular weight excluding hydrogens is 291 g/mol. The standard InChI is InChI=1S/C15H13FN2O4/c1-9-7-10(16)3-5-13(9)17-15(19)12-8-11(18(20)21)4-6-14(12)22-2/h3-8H,1-2H3,(H,17,19). The van der Waals surface area contributed by atoms with Crippen LogP contribution in [0.1, 0.15) is 15.9 Å². The molecule has 22 heavy (non-hydrogen) atoms. The molecule has 0 fully saturated rings. The van der Waals surface area contributed by atoms with Crippen LogP contribution in [0.3, 0.4) is 0 Å². The van der Waals surface area contributed by atoms with E-state index in [-0.39, 0.29) is 17.0 Å². The van der Waals surface area contributed by atoms with E-state index < -0.39 is 16.6 Å². The third kappa shape index (κ3) is 3.20. The van der Waals surface area contributed by atoms with E-state index >= 15 is 0 Å². The normalized spacial score (nSPS) is 10.1. The fourth-order valence-electron chi connectivity index (χ4n) is 1.94. The molecule has 0 spiro atoms. The molecule has 0 atom stereocenters. The molecule has 0 aromatic heterocycles. The molecule has 0 saturated heterocycles. The van der Waals surface area contributed by atoms with E-state index in [1.54, 1.807) is 6.92 Å². The molecule has 0 bridgehead atoms. The largest absolute Gasteiger partial charge is 0.496 e. The van der Waals surface area contributed by atoms with Gasteiger partial charge in [0.2, 0.25) is 0 Å². The van der Waals surface area contributed by atoms with E-state index in [1.807, 2.05) is 0 Å². The Balaban J connectivity index is 2.35. The molecule has 2 rings (SSSR count). The second kappa shape index (κ2) is 6.21. The average Bonchev–Trinajstić information content (AvgIpc) is 2.49. The predicted molar refractivity (Wildman–Crippen MR) is 78.7 cm³/mol. The highest BCUT2D eigenvalue weighted by molar-refractivity contribution is 6.07. The van der Waals surface area contributed by atoms with Crippen molar-refractivity contribution in [2.75, 3.05) is 12.4 Å². The number of hydrogen-bond acceptors (Lipinski definition) is 4. The molecule has 1 N–H and O–H groups in total. The fraction of sp³-hybridized carbons (Fsp3) is 0.133. The van der Waals surface area contributed by atoms with Crippen molar-refractivity contribution in [2.24, 2.45) is 0 Å². The van der Waals surface area contributed by atoms with Crippen LogP contribution in [-0.4, -0.2) is 17.9 Å². The maximum atomic E-state index is 13.1. The third-order valence-corrected chi connectivity index (χ3v) is 3.08. The summed E-state index contributed by atoms with van der Waals surface area (Å²) in [6.45, 7) is 1.64. The number of amides is 1. The monoisotopic (exact) mass is 304 g/mol. The van der Waals surface area contributed by atoms with Gasteiger partial charge in [-0.25, -0.2) is 4.39 Å². The van der Waals surface area contributed by atoms with Crippen molar-refractivity contribution >= 4 is 17.3 Å². The topological polar surface area (TPSA) is 81.5 Å². The number of hydrogen-bond donors (Lipinski definition) is 1. The molecule has 0 aliphatic rings. The van der Waals surface area contributed by atoms with Gasteiger partial charge in [-0.1, -0.05) is 0 Å². The van der Waals surface area contributed by atoms with Crippen LogP contribution in [0.4, 0.5) is 15.8 Å². The zero-order chi connectivity index (χ0) is 16.3. The number of halogens is 1. The minimum Gasteiger partial charge on any atom is -0.496 e. The summed E-state index contributed by atoms with van der Waals surface area (Å²) in [6.07, 6.45) is 0. The summed E-state index contributed by atoms with van der Waals surface area (Å²) >= 11 is 0. The number of carbonyl (C=O) groups is 1. The smallest absolute Gasteiger partial charge is 0.270 e. The Morgan fingerprint density at radius 1 is 1.27 bits per heavy atom. The van der Waals surface area contributed by atoms with Gasteiger partial charge in [0.05, 0.1) is 17.6 Å². The van der Waals surface area contributed by atoms with E-state index in [1.165, 1.54) is 37.4 Å². The lowest BCUT2D eigenvalue weighted by atomic mass is 10.1. The van der Waals surface area contributed by atoms with E-state index in [2.05, 4.69) is 5.32 Å². The van der Waals surface area contributed by atoms with Crippen LogP contribution in [0.2, 0.25) is 0 Å². The Bertz CT molecular complexity index is 746. The van der Waals surface area contributed by atoms with Gasteiger partial charge in [-0.05, 0) is 36.8 Å². The number of ether oxygens (including phenoxy) is 1. The second-order valence-electron chi connectivity index (χ2n) is 4.56. The summed E-state index contributed by atoms with van der Waals surface area (Å²) in [7, 11) is 1.36. The van der Waals surface area contributed by atoms with Crippen molar-refractivity contribution in [3.63, 3.8) is 0 Å². The average molecular weight is 304 g/mol. The number of nitro benzene ring substituents is 1. The molecule has 0 aliphatic heterocycles. The van der Waals surface area contributed by atoms with Gasteiger partial charge in [0.25, 0.3) is 11.6 Å². The van der Waals surface area contributed by atoms with Crippen LogP contribution in [-0.2, 0) is 0 Å². The first-order chi connectivity index (χ1) is 10.4. The Labute approximate surface area is 125 Å². The summed E-state index contributed by atoms with van der Waals surface area (Å²) in [6, 6.07) is 7.65. The summed E-state index contributed by atoms with van der Waals surface area (Å²) in [5, 5.41) is 13.4. The van der Waals surface area contributed by atoms with Gasteiger partial charge in [-0.2, -0.15) is 0 Å². The highest BCUT2D eigenvalue weighted by Gasteiger charge is 2.18. The molecule has 114 valence electrons. The quantitative estimate of drug-likeness (QED) is 0.694. The molecule has 0 saturated carbocycles. The van der Waals surface area contributed by atoms with Crippen molar-refractivity contribution in [1.82, 2.24) is 0 Å². The molecule has 2 aromatic rings. The Hall–Kier alpha value is -2.96. The van der Waals surface area contributed by atoms with Gasteiger partial charge in [-0.15, -0.1) is 0 Å². The van der Waals surface area contributed by atoms with E-state index in [0.717, 1.165) is 6.07 Å². The minimum atomic E-state index is -0.598. The molecule has 0 radical (unpaired) electrons. The second-order valence-corrected chi connectivity index (χ2v) is 4.56. The van der Waals surface area contributed by atoms with E-state index in [0.29, 0.717) is 11.3 Å². The van der Waals surface area contributed by atoms with Crippen molar-refractivity contribution in [1.29, 1.82) is 0 Å². The van der Waals surface area contributed by atoms with Crippen molar-refractivity contribution in [3.05, 3.63) is 63.5 Å². The van der Waals surface area contributed by atoms with E-state index in [9.17, 15) is 19.3 Å². The maximum Gasteiger partial charge on any atom is 0.270 e. The highest BCUT2D eigenvalue weighted by atomic mass is 19.1. The number of rotatable bonds is 4. The minimum absolute atomic E-state index is 0.0282. The predicted octanol–water partition coefficient (Wildman–Crippen LogP) is 3.30. The molecule has 7 heteroatoms. The van der Waals surface area contributed by atoms with Gasteiger partial charge >= 0.3 is 0 Å². The Kier molecular flexibility index (Phi) is 4.36. The van der Waals surface area contributed by atoms with Crippen LogP contribution in [0.25, 0.3) is 0 Å². The zero-order valence-electron chi connectivity index (χ0n) is 11.9. The molecule has 0 unspecified atom stereocenters. The van der Waals surface area contributed by atoms with Crippen LogP contribution >= 0.6 is 0 Å². The Morgan fingerprint density at radius 2 is 2.00 bits per heavy atom. The van der Waals surface area contributed by atoms with Crippen molar-refractivity contribution in [3.8, 4) is 5.75 Å². The number of aryl methyl sites for hydroxylation is 1. The third-order valence-electron chi connectivity index (χ3n) is 3.08. The number of benzene rings is 2. The number of non-ortho nitro benzene ring substituents is 1. The van der Waals surface area contributed by atoms with Gasteiger partial charge in [0.15, 0.2) is 0 Å². The number of anilines is 1. The summed E-state index contributed by atoms with van der Waals surface area (Å²) in [5.74, 6) is -0.776. The number of nitrogens with zero attached hydrogens (tertiary/aromatic N) is 1. The van der Waals surface area contributed by atoms with Gasteiger partial charge in [0.1, 0.15) is 11.6 Å². The lowest BCUT2D eigenvalue weighted by molar-refractivity contribution is -0.384. The summed E-state index contributed by atoms with van der Waals surface area (Å²) in [4.78, 5) is 22.5. The van der Waals surface area contributed by atoms with Crippen molar-refractivity contribution < 1.29 is 18.8 Å². The van der Waals surface area contributed by atoms with Crippen LogP contribution in [0.15, 0.2) is 36.4 Å². The summed E-state index contributed by atoms with van der Waals surface area (Å²) < 4.78 is 18.1. The molecule has 1 amide bonds. The van der Waals surface area contributed by atoms with Gasteiger partial charge < -0.3 is 10.1 Å². The number of carbonyl (C=O) groups excluding carboxylic acids is 1. The molecular formula is C15H13FN2O4. The maximum absolute atomic E-state index is 13.1. The van der Waals surface area contributed by atoms with Gasteiger partial charge in [-0.3, -0.25) is 14.9 Å². The molecule has 6 nitrogen and oxygen atoms in total. The first-order valence-electron chi connectivity index (χ1n) is 6.32. The number of nitrogens with one attached hydrogen (secondary N) is 1. The zero-order valence-corrected chi connectivity index (χ0v) is 11.9. The molecule has 2 aromatic carbocycles. The highest BCUT2D eigenvalue weighted by Crippen LogP contribution is 2.25. The van der Waals surface area contributed by atoms with Crippen LogP contribution in [0, 0.1) is 22.9 Å². The molecule has 0 heterocycles. The van der Waals surface area contributed by atoms with Crippen molar-refractivity contribution in [2.45, 2.75) is 6.92 Å². The number of nitro groups is 1. The van der Waals surface area contributed by atoms with Crippen LogP contribution < -0.4 is 10.1 Å². The lowest BCUT2D eigenvalue weighted by Gasteiger charge is -2.11. The first-order valence-corrected chi connectivity index (χ1v) is 6.32. The lowest BCUT2D eigenvalue weighted by Crippen LogP contribution is -2.14. The summed E-state index contributed by atoms with van der Waals surface area (Å²) in [5.41, 5.74) is 0.764. The SMILES string of the molecule is COc1ccc([N+](=O)[O-])cc1C(=O)Nc1ccc(F)cc1C.